The predicted octanol–water partition coefficient (Wildman–Crippen LogP) is 1.74. The van der Waals surface area contributed by atoms with E-state index in [0.717, 1.165) is 35.1 Å². The fourth-order valence-corrected chi connectivity index (χ4v) is 8.75. The van der Waals surface area contributed by atoms with Crippen molar-refractivity contribution in [3.63, 3.8) is 0 Å². The molecule has 282 valence electrons. The van der Waals surface area contributed by atoms with Crippen LogP contribution < -0.4 is 16.5 Å². The highest BCUT2D eigenvalue weighted by Crippen LogP contribution is 2.42. The van der Waals surface area contributed by atoms with Gasteiger partial charge >= 0.3 is 11.9 Å². The Morgan fingerprint density at radius 1 is 1.19 bits per heavy atom. The molecule has 6 rings (SSSR count). The lowest BCUT2D eigenvalue weighted by Crippen LogP contribution is -2.71. The second kappa shape index (κ2) is 14.0. The molecule has 1 aromatic carbocycles. The number of phenols is 2. The van der Waals surface area contributed by atoms with Crippen molar-refractivity contribution in [1.29, 1.82) is 0 Å². The Morgan fingerprint density at radius 3 is 2.49 bits per heavy atom. The quantitative estimate of drug-likeness (QED) is 0.0506. The normalized spacial score (nSPS) is 20.0. The Balaban J connectivity index is 1.27. The smallest absolute Gasteiger partial charge is 0.352 e. The molecule has 3 aliphatic rings. The number of nitrogens with one attached hydrogen (secondary N) is 1. The second-order valence-corrected chi connectivity index (χ2v) is 15.6. The average Bonchev–Trinajstić information content (AvgIpc) is 3.75. The number of hydrogen-bond acceptors (Lipinski definition) is 13. The molecule has 0 saturated carbocycles. The van der Waals surface area contributed by atoms with E-state index in [1.54, 1.807) is 17.7 Å². The van der Waals surface area contributed by atoms with E-state index in [1.165, 1.54) is 31.0 Å². The number of likely N-dealkylation sites (tertiary alicyclic amines) is 1. The van der Waals surface area contributed by atoms with Crippen LogP contribution in [0, 0.1) is 5.82 Å². The molecule has 53 heavy (non-hydrogen) atoms. The molecule has 0 aliphatic carbocycles. The van der Waals surface area contributed by atoms with Gasteiger partial charge in [-0.3, -0.25) is 19.3 Å². The van der Waals surface area contributed by atoms with E-state index in [-0.39, 0.29) is 56.3 Å². The number of quaternary nitrogens is 1. The molecule has 2 fully saturated rings. The van der Waals surface area contributed by atoms with Gasteiger partial charge in [-0.2, -0.15) is 0 Å². The van der Waals surface area contributed by atoms with Gasteiger partial charge in [-0.05, 0) is 20.8 Å². The van der Waals surface area contributed by atoms with E-state index in [9.17, 15) is 44.4 Å². The number of hydrogen-bond donors (Lipinski definition) is 6. The lowest BCUT2D eigenvalue weighted by molar-refractivity contribution is -0.925. The lowest BCUT2D eigenvalue weighted by atomic mass is 10.0. The maximum Gasteiger partial charge on any atom is 0.352 e. The minimum Gasteiger partial charge on any atom is -0.504 e. The molecule has 2 saturated heterocycles. The summed E-state index contributed by atoms with van der Waals surface area (Å²) in [4.78, 5) is 75.4. The van der Waals surface area contributed by atoms with Crippen molar-refractivity contribution in [2.75, 3.05) is 31.1 Å². The number of aromatic hydroxyl groups is 2. The Kier molecular flexibility index (Phi) is 9.90. The molecule has 2 amide bonds. The van der Waals surface area contributed by atoms with Crippen molar-refractivity contribution in [1.82, 2.24) is 19.8 Å². The van der Waals surface area contributed by atoms with E-state index >= 15 is 4.39 Å². The van der Waals surface area contributed by atoms with Crippen LogP contribution >= 0.6 is 23.1 Å². The molecule has 20 heteroatoms. The van der Waals surface area contributed by atoms with Gasteiger partial charge in [-0.25, -0.2) is 19.0 Å². The van der Waals surface area contributed by atoms with Gasteiger partial charge in [0, 0.05) is 48.4 Å². The summed E-state index contributed by atoms with van der Waals surface area (Å²) in [6.45, 7) is 6.01. The number of oxime groups is 1. The van der Waals surface area contributed by atoms with Crippen LogP contribution in [0.25, 0.3) is 10.9 Å². The van der Waals surface area contributed by atoms with Gasteiger partial charge in [0.1, 0.15) is 35.9 Å². The number of amides is 2. The van der Waals surface area contributed by atoms with E-state index in [2.05, 4.69) is 15.5 Å². The first-order chi connectivity index (χ1) is 25.0. The number of fused-ring (bicyclic) bond motifs is 2. The van der Waals surface area contributed by atoms with E-state index in [1.807, 2.05) is 0 Å². The summed E-state index contributed by atoms with van der Waals surface area (Å²) in [5.74, 6) is -7.07. The van der Waals surface area contributed by atoms with Crippen molar-refractivity contribution >= 4 is 68.6 Å². The largest absolute Gasteiger partial charge is 0.504 e. The van der Waals surface area contributed by atoms with Crippen LogP contribution in [0.1, 0.15) is 44.9 Å². The zero-order valence-corrected chi connectivity index (χ0v) is 30.4. The highest BCUT2D eigenvalue weighted by molar-refractivity contribution is 8.00. The fourth-order valence-electron chi connectivity index (χ4n) is 6.87. The van der Waals surface area contributed by atoms with Crippen LogP contribution in [0.2, 0.25) is 0 Å². The van der Waals surface area contributed by atoms with Gasteiger partial charge in [-0.15, -0.1) is 23.1 Å². The molecule has 2 aromatic heterocycles. The number of aryl methyl sites for hydroxylation is 1. The van der Waals surface area contributed by atoms with Gasteiger partial charge in [0.05, 0.1) is 29.6 Å². The summed E-state index contributed by atoms with van der Waals surface area (Å²) in [5.41, 5.74) is 3.42. The first kappa shape index (κ1) is 37.5. The number of carbonyl (C=O) groups is 4. The number of thiazole rings is 1. The molecule has 2 atom stereocenters. The number of nitrogens with zero attached hydrogens (tertiary/aromatic N) is 5. The summed E-state index contributed by atoms with van der Waals surface area (Å²) < 4.78 is 17.1. The predicted molar refractivity (Wildman–Crippen MR) is 191 cm³/mol. The Labute approximate surface area is 308 Å². The number of rotatable bonds is 12. The van der Waals surface area contributed by atoms with Gasteiger partial charge in [-0.1, -0.05) is 5.16 Å². The van der Waals surface area contributed by atoms with Gasteiger partial charge in [0.2, 0.25) is 11.0 Å². The minimum atomic E-state index is -1.81. The Morgan fingerprint density at radius 2 is 1.89 bits per heavy atom. The fraction of sp³-hybridized carbons (Fsp3) is 0.424. The van der Waals surface area contributed by atoms with Crippen LogP contribution in [0.4, 0.5) is 9.52 Å². The monoisotopic (exact) mass is 774 g/mol. The van der Waals surface area contributed by atoms with E-state index in [0.29, 0.717) is 25.2 Å². The van der Waals surface area contributed by atoms with Crippen LogP contribution in [0.5, 0.6) is 11.5 Å². The Hall–Kier alpha value is -5.21. The number of β-lactam (4-membered cyclic amide) rings is 1. The average molecular weight is 775 g/mol. The molecule has 0 bridgehead atoms. The number of halogens is 1. The number of pyridine rings is 1. The van der Waals surface area contributed by atoms with Crippen molar-refractivity contribution in [2.45, 2.75) is 63.7 Å². The van der Waals surface area contributed by atoms with Gasteiger partial charge in [0.15, 0.2) is 28.2 Å². The number of phenolic OH excluding ortho intramolecular Hbond substituents is 2. The minimum absolute atomic E-state index is 0.0195. The molecular weight excluding hydrogens is 738 g/mol. The van der Waals surface area contributed by atoms with Crippen LogP contribution in [-0.2, 0) is 37.1 Å². The number of carboxylic acid groups (broad SMARTS) is 2. The zero-order valence-electron chi connectivity index (χ0n) is 28.8. The van der Waals surface area contributed by atoms with Crippen LogP contribution in [0.15, 0.2) is 38.9 Å². The first-order valence-electron chi connectivity index (χ1n) is 16.5. The molecule has 7 N–H and O–H groups in total. The van der Waals surface area contributed by atoms with Crippen molar-refractivity contribution < 1.29 is 53.3 Å². The molecule has 0 spiro atoms. The molecule has 3 aliphatic heterocycles. The topological polar surface area (TPSA) is 247 Å². The molecule has 1 unspecified atom stereocenters. The lowest BCUT2D eigenvalue weighted by Gasteiger charge is -2.50. The maximum absolute atomic E-state index is 15.2. The van der Waals surface area contributed by atoms with Crippen molar-refractivity contribution in [2.24, 2.45) is 5.16 Å². The molecule has 3 aromatic rings. The third kappa shape index (κ3) is 6.77. The molecular formula is C33H37FN7O10S2+. The second-order valence-electron chi connectivity index (χ2n) is 13.6. The summed E-state index contributed by atoms with van der Waals surface area (Å²) in [5, 5.41) is 46.6. The standard InChI is InChI=1S/C33H36FN7O10S2/c1-4-39-10-15(25(43)20-18(39)9-19(42)26(44)21(20)34)11-41(7-5-6-8-41)12-16-13-52-29-23(28(46)40(29)24(16)30(47)48)37-27(45)22(17-14-53-32(35)36-17)38-51-33(2,3)31(49)50/h9-10,14,23,29H,4-8,11-13H2,1-3H3,(H6-,35,36,37,38,42,43,44,45,47,48,49,50)/p+1/t23-,29?/m1/s1. The molecule has 0 radical (unpaired) electrons. The maximum atomic E-state index is 15.2. The van der Waals surface area contributed by atoms with Crippen LogP contribution in [-0.4, -0.2) is 111 Å². The number of nitrogen functional groups attached to an aromatic ring is 1. The third-order valence-corrected chi connectivity index (χ3v) is 11.6. The third-order valence-electron chi connectivity index (χ3n) is 9.62. The zero-order chi connectivity index (χ0) is 38.6. The number of aliphatic carboxylic acids is 2. The highest BCUT2D eigenvalue weighted by atomic mass is 32.2. The Bertz CT molecular complexity index is 2180. The molecule has 5 heterocycles. The highest BCUT2D eigenvalue weighted by Gasteiger charge is 2.55. The first-order valence-corrected chi connectivity index (χ1v) is 18.4. The van der Waals surface area contributed by atoms with Gasteiger partial charge < -0.3 is 45.4 Å². The van der Waals surface area contributed by atoms with Crippen molar-refractivity contribution in [3.8, 4) is 11.5 Å². The van der Waals surface area contributed by atoms with Crippen LogP contribution in [0.3, 0.4) is 0 Å². The van der Waals surface area contributed by atoms with E-state index < -0.39 is 69.2 Å². The summed E-state index contributed by atoms with van der Waals surface area (Å²) in [7, 11) is 0. The summed E-state index contributed by atoms with van der Waals surface area (Å²) in [6.07, 6.45) is 3.15. The number of nitrogens with two attached hydrogens (primary N) is 1. The van der Waals surface area contributed by atoms with Crippen molar-refractivity contribution in [3.05, 3.63) is 56.2 Å². The number of thioether (sulfide) groups is 1. The molecule has 17 nitrogen and oxygen atoms in total. The number of carbonyl (C=O) groups excluding carboxylic acids is 2. The number of benzene rings is 1. The SMILES string of the molecule is CCn1cc(C[N+]2(CC3=C(C(=O)O)N4C(=O)[C@@H](NC(=O)/C(=N\OC(C)(C)C(=O)O)c5csc(N)n5)C4SC3)CCCC2)c(=O)c2c(F)c(O)c(O)cc21. The summed E-state index contributed by atoms with van der Waals surface area (Å²) in [6, 6.07) is -0.0266. The number of carboxylic acids is 2. The summed E-state index contributed by atoms with van der Waals surface area (Å²) >= 11 is 2.24. The van der Waals surface area contributed by atoms with Gasteiger partial charge in [0.25, 0.3) is 11.8 Å². The van der Waals surface area contributed by atoms with E-state index in [4.69, 9.17) is 10.6 Å². The number of aromatic nitrogens is 2. The number of anilines is 1.